The molecule has 13 heavy (non-hydrogen) atoms. The molecule has 1 rings (SSSR count). The van der Waals surface area contributed by atoms with Gasteiger partial charge < -0.3 is 9.84 Å². The average molecular weight is 183 g/mol. The monoisotopic (exact) mass is 183 g/mol. The summed E-state index contributed by atoms with van der Waals surface area (Å²) in [6, 6.07) is 0. The highest BCUT2D eigenvalue weighted by atomic mass is 16.5. The third kappa shape index (κ3) is 4.62. The molecule has 0 saturated carbocycles. The van der Waals surface area contributed by atoms with Crippen LogP contribution in [0.3, 0.4) is 0 Å². The molecule has 0 aromatic carbocycles. The van der Waals surface area contributed by atoms with Crippen LogP contribution in [0.15, 0.2) is 10.9 Å². The molecule has 0 amide bonds. The van der Waals surface area contributed by atoms with E-state index in [2.05, 4.69) is 36.2 Å². The molecular formula is C9H17N3O. The highest BCUT2D eigenvalue weighted by Crippen LogP contribution is 2.09. The number of nitrogens with one attached hydrogen (secondary N) is 1. The molecule has 0 bridgehead atoms. The van der Waals surface area contributed by atoms with Crippen molar-refractivity contribution in [2.75, 3.05) is 13.1 Å². The second kappa shape index (κ2) is 4.37. The third-order valence-electron chi connectivity index (χ3n) is 1.58. The van der Waals surface area contributed by atoms with Crippen molar-refractivity contribution >= 4 is 0 Å². The standard InChI is InChI=1S/C9H17N3O/c1-9(2,3)6-10-5-4-8-11-7-12-13-8/h7,10H,4-6H2,1-3H3. The Morgan fingerprint density at radius 2 is 2.23 bits per heavy atom. The Balaban J connectivity index is 2.09. The van der Waals surface area contributed by atoms with Gasteiger partial charge in [0.25, 0.3) is 0 Å². The lowest BCUT2D eigenvalue weighted by molar-refractivity contribution is 0.356. The van der Waals surface area contributed by atoms with E-state index in [1.807, 2.05) is 0 Å². The quantitative estimate of drug-likeness (QED) is 0.714. The maximum atomic E-state index is 4.86. The summed E-state index contributed by atoms with van der Waals surface area (Å²) < 4.78 is 4.86. The molecule has 1 heterocycles. The van der Waals surface area contributed by atoms with Crippen LogP contribution in [0.5, 0.6) is 0 Å². The highest BCUT2D eigenvalue weighted by Gasteiger charge is 2.08. The normalized spacial score (nSPS) is 11.9. The van der Waals surface area contributed by atoms with Crippen molar-refractivity contribution in [3.05, 3.63) is 12.2 Å². The Hall–Kier alpha value is -0.900. The molecule has 1 aromatic rings. The first-order valence-corrected chi connectivity index (χ1v) is 4.54. The molecule has 74 valence electrons. The van der Waals surface area contributed by atoms with Crippen molar-refractivity contribution in [1.82, 2.24) is 15.5 Å². The summed E-state index contributed by atoms with van der Waals surface area (Å²) in [6.07, 6.45) is 2.23. The van der Waals surface area contributed by atoms with E-state index in [0.29, 0.717) is 11.3 Å². The second-order valence-electron chi connectivity index (χ2n) is 4.32. The molecule has 0 aliphatic rings. The molecule has 0 unspecified atom stereocenters. The summed E-state index contributed by atoms with van der Waals surface area (Å²) in [5, 5.41) is 6.87. The lowest BCUT2D eigenvalue weighted by Gasteiger charge is -2.18. The molecule has 4 heteroatoms. The third-order valence-corrected chi connectivity index (χ3v) is 1.58. The van der Waals surface area contributed by atoms with Crippen LogP contribution in [-0.4, -0.2) is 23.2 Å². The SMILES string of the molecule is CC(C)(C)CNCCc1ncno1. The summed E-state index contributed by atoms with van der Waals surface area (Å²) in [5.41, 5.74) is 0.328. The van der Waals surface area contributed by atoms with Gasteiger partial charge >= 0.3 is 0 Å². The molecule has 4 nitrogen and oxygen atoms in total. The van der Waals surface area contributed by atoms with E-state index in [-0.39, 0.29) is 0 Å². The van der Waals surface area contributed by atoms with Crippen molar-refractivity contribution in [1.29, 1.82) is 0 Å². The molecule has 0 radical (unpaired) electrons. The predicted octanol–water partition coefficient (Wildman–Crippen LogP) is 1.25. The van der Waals surface area contributed by atoms with E-state index in [1.165, 1.54) is 6.33 Å². The minimum Gasteiger partial charge on any atom is -0.340 e. The molecular weight excluding hydrogens is 166 g/mol. The van der Waals surface area contributed by atoms with E-state index in [4.69, 9.17) is 4.52 Å². The van der Waals surface area contributed by atoms with Crippen LogP contribution in [0, 0.1) is 5.41 Å². The summed E-state index contributed by atoms with van der Waals surface area (Å²) in [4.78, 5) is 3.93. The van der Waals surface area contributed by atoms with Crippen molar-refractivity contribution in [2.24, 2.45) is 5.41 Å². The number of rotatable bonds is 4. The lowest BCUT2D eigenvalue weighted by Crippen LogP contribution is -2.28. The van der Waals surface area contributed by atoms with Crippen LogP contribution in [0.25, 0.3) is 0 Å². The Kier molecular flexibility index (Phi) is 3.42. The lowest BCUT2D eigenvalue weighted by atomic mass is 9.97. The van der Waals surface area contributed by atoms with Crippen LogP contribution in [0.2, 0.25) is 0 Å². The van der Waals surface area contributed by atoms with Gasteiger partial charge in [-0.3, -0.25) is 0 Å². The summed E-state index contributed by atoms with van der Waals surface area (Å²) in [5.74, 6) is 0.696. The second-order valence-corrected chi connectivity index (χ2v) is 4.32. The first-order chi connectivity index (χ1) is 6.08. The molecule has 1 aromatic heterocycles. The molecule has 0 saturated heterocycles. The van der Waals surface area contributed by atoms with Gasteiger partial charge in [0.15, 0.2) is 6.33 Å². The van der Waals surface area contributed by atoms with Gasteiger partial charge in [0.2, 0.25) is 5.89 Å². The van der Waals surface area contributed by atoms with Crippen molar-refractivity contribution in [3.8, 4) is 0 Å². The van der Waals surface area contributed by atoms with Gasteiger partial charge in [-0.1, -0.05) is 25.9 Å². The fourth-order valence-electron chi connectivity index (χ4n) is 0.965. The van der Waals surface area contributed by atoms with Crippen LogP contribution in [0.4, 0.5) is 0 Å². The molecule has 1 N–H and O–H groups in total. The fourth-order valence-corrected chi connectivity index (χ4v) is 0.965. The Labute approximate surface area is 78.7 Å². The van der Waals surface area contributed by atoms with Crippen LogP contribution >= 0.6 is 0 Å². The smallest absolute Gasteiger partial charge is 0.227 e. The maximum absolute atomic E-state index is 4.86. The van der Waals surface area contributed by atoms with Gasteiger partial charge in [-0.05, 0) is 5.41 Å². The van der Waals surface area contributed by atoms with Crippen molar-refractivity contribution in [3.63, 3.8) is 0 Å². The van der Waals surface area contributed by atoms with E-state index in [0.717, 1.165) is 19.5 Å². The highest BCUT2D eigenvalue weighted by molar-refractivity contribution is 4.75. The number of hydrogen-bond acceptors (Lipinski definition) is 4. The van der Waals surface area contributed by atoms with Crippen LogP contribution in [0.1, 0.15) is 26.7 Å². The molecule has 0 atom stereocenters. The van der Waals surface area contributed by atoms with E-state index < -0.39 is 0 Å². The van der Waals surface area contributed by atoms with Gasteiger partial charge in [0.05, 0.1) is 0 Å². The average Bonchev–Trinajstić information content (AvgIpc) is 2.48. The number of aromatic nitrogens is 2. The van der Waals surface area contributed by atoms with Crippen LogP contribution in [-0.2, 0) is 6.42 Å². The van der Waals surface area contributed by atoms with Crippen molar-refractivity contribution in [2.45, 2.75) is 27.2 Å². The van der Waals surface area contributed by atoms with E-state index >= 15 is 0 Å². The molecule has 0 fully saturated rings. The maximum Gasteiger partial charge on any atom is 0.227 e. The minimum absolute atomic E-state index is 0.328. The zero-order valence-electron chi connectivity index (χ0n) is 8.50. The Morgan fingerprint density at radius 3 is 2.77 bits per heavy atom. The zero-order valence-corrected chi connectivity index (χ0v) is 8.50. The van der Waals surface area contributed by atoms with Crippen molar-refractivity contribution < 1.29 is 4.52 Å². The fraction of sp³-hybridized carbons (Fsp3) is 0.778. The topological polar surface area (TPSA) is 51.0 Å². The van der Waals surface area contributed by atoms with Gasteiger partial charge in [-0.2, -0.15) is 4.98 Å². The van der Waals surface area contributed by atoms with Gasteiger partial charge in [0.1, 0.15) is 0 Å². The van der Waals surface area contributed by atoms with E-state index in [9.17, 15) is 0 Å². The largest absolute Gasteiger partial charge is 0.340 e. The molecule has 0 aliphatic heterocycles. The summed E-state index contributed by atoms with van der Waals surface area (Å²) in [7, 11) is 0. The number of hydrogen-bond donors (Lipinski definition) is 1. The zero-order chi connectivity index (χ0) is 9.73. The Bertz CT molecular complexity index is 226. The van der Waals surface area contributed by atoms with Gasteiger partial charge in [-0.15, -0.1) is 0 Å². The number of nitrogens with zero attached hydrogens (tertiary/aromatic N) is 2. The summed E-state index contributed by atoms with van der Waals surface area (Å²) in [6.45, 7) is 8.49. The minimum atomic E-state index is 0.328. The van der Waals surface area contributed by atoms with E-state index in [1.54, 1.807) is 0 Å². The predicted molar refractivity (Wildman–Crippen MR) is 50.3 cm³/mol. The molecule has 0 aliphatic carbocycles. The molecule has 0 spiro atoms. The first kappa shape index (κ1) is 10.2. The van der Waals surface area contributed by atoms with Crippen LogP contribution < -0.4 is 5.32 Å². The van der Waals surface area contributed by atoms with Gasteiger partial charge in [0, 0.05) is 19.5 Å². The summed E-state index contributed by atoms with van der Waals surface area (Å²) >= 11 is 0. The van der Waals surface area contributed by atoms with Gasteiger partial charge in [-0.25, -0.2) is 0 Å². The first-order valence-electron chi connectivity index (χ1n) is 4.54. The Morgan fingerprint density at radius 1 is 1.46 bits per heavy atom.